The number of rotatable bonds is 5. The van der Waals surface area contributed by atoms with Crippen molar-refractivity contribution >= 4 is 12.4 Å². The molecule has 1 aliphatic rings. The highest BCUT2D eigenvalue weighted by Crippen LogP contribution is 2.11. The van der Waals surface area contributed by atoms with E-state index >= 15 is 0 Å². The normalized spacial score (nSPS) is 19.9. The van der Waals surface area contributed by atoms with E-state index in [0.717, 1.165) is 26.4 Å². The first-order valence-corrected chi connectivity index (χ1v) is 5.53. The van der Waals surface area contributed by atoms with Crippen molar-refractivity contribution in [2.45, 2.75) is 33.6 Å². The summed E-state index contributed by atoms with van der Waals surface area (Å²) >= 11 is 0. The SMILES string of the molecule is CCCCN1CN(CC)N(CC)C1.Cl. The second-order valence-corrected chi connectivity index (χ2v) is 3.68. The van der Waals surface area contributed by atoms with Gasteiger partial charge >= 0.3 is 0 Å². The molecule has 0 N–H and O–H groups in total. The molecule has 0 aliphatic carbocycles. The van der Waals surface area contributed by atoms with Crippen molar-refractivity contribution in [3.8, 4) is 0 Å². The van der Waals surface area contributed by atoms with Gasteiger partial charge in [-0.1, -0.05) is 27.2 Å². The van der Waals surface area contributed by atoms with Gasteiger partial charge < -0.3 is 0 Å². The Labute approximate surface area is 94.4 Å². The molecule has 0 aromatic carbocycles. The third-order valence-electron chi connectivity index (χ3n) is 2.68. The van der Waals surface area contributed by atoms with Crippen LogP contribution in [0.15, 0.2) is 0 Å². The van der Waals surface area contributed by atoms with Gasteiger partial charge in [0.05, 0.1) is 13.3 Å². The summed E-state index contributed by atoms with van der Waals surface area (Å²) in [4.78, 5) is 2.52. The van der Waals surface area contributed by atoms with Gasteiger partial charge in [-0.3, -0.25) is 4.90 Å². The molecule has 0 aromatic rings. The van der Waals surface area contributed by atoms with Crippen molar-refractivity contribution in [3.05, 3.63) is 0 Å². The van der Waals surface area contributed by atoms with E-state index in [1.807, 2.05) is 0 Å². The molecule has 0 amide bonds. The largest absolute Gasteiger partial charge is 0.275 e. The molecule has 1 rings (SSSR count). The lowest BCUT2D eigenvalue weighted by Crippen LogP contribution is -2.35. The lowest BCUT2D eigenvalue weighted by Gasteiger charge is -2.22. The number of hydrogen-bond acceptors (Lipinski definition) is 3. The minimum absolute atomic E-state index is 0. The minimum Gasteiger partial charge on any atom is -0.275 e. The second kappa shape index (κ2) is 7.46. The molecule has 86 valence electrons. The molecule has 0 atom stereocenters. The summed E-state index contributed by atoms with van der Waals surface area (Å²) in [6, 6.07) is 0. The van der Waals surface area contributed by atoms with Crippen LogP contribution in [0.5, 0.6) is 0 Å². The van der Waals surface area contributed by atoms with Crippen molar-refractivity contribution in [1.82, 2.24) is 14.9 Å². The molecule has 1 heterocycles. The summed E-state index contributed by atoms with van der Waals surface area (Å²) in [5.41, 5.74) is 0. The Morgan fingerprint density at radius 2 is 1.43 bits per heavy atom. The number of halogens is 1. The monoisotopic (exact) mass is 221 g/mol. The maximum atomic E-state index is 2.52. The fourth-order valence-corrected chi connectivity index (χ4v) is 1.81. The first-order valence-electron chi connectivity index (χ1n) is 5.53. The van der Waals surface area contributed by atoms with E-state index < -0.39 is 0 Å². The highest BCUT2D eigenvalue weighted by Gasteiger charge is 2.24. The van der Waals surface area contributed by atoms with E-state index in [1.165, 1.54) is 19.4 Å². The van der Waals surface area contributed by atoms with E-state index in [1.54, 1.807) is 0 Å². The number of nitrogens with zero attached hydrogens (tertiary/aromatic N) is 3. The first kappa shape index (κ1) is 14.2. The van der Waals surface area contributed by atoms with Crippen LogP contribution < -0.4 is 0 Å². The van der Waals surface area contributed by atoms with Crippen LogP contribution in [0.3, 0.4) is 0 Å². The Hall–Kier alpha value is 0.170. The maximum Gasteiger partial charge on any atom is 0.0659 e. The molecule has 14 heavy (non-hydrogen) atoms. The zero-order valence-electron chi connectivity index (χ0n) is 9.70. The molecular weight excluding hydrogens is 198 g/mol. The molecule has 0 radical (unpaired) electrons. The second-order valence-electron chi connectivity index (χ2n) is 3.68. The number of unbranched alkanes of at least 4 members (excludes halogenated alkanes) is 1. The fourth-order valence-electron chi connectivity index (χ4n) is 1.81. The summed E-state index contributed by atoms with van der Waals surface area (Å²) in [6.07, 6.45) is 2.63. The van der Waals surface area contributed by atoms with Crippen molar-refractivity contribution < 1.29 is 0 Å². The quantitative estimate of drug-likeness (QED) is 0.703. The van der Waals surface area contributed by atoms with Crippen molar-refractivity contribution in [1.29, 1.82) is 0 Å². The predicted molar refractivity (Wildman–Crippen MR) is 63.4 cm³/mol. The molecule has 3 nitrogen and oxygen atoms in total. The molecule has 0 saturated carbocycles. The summed E-state index contributed by atoms with van der Waals surface area (Å²) in [7, 11) is 0. The van der Waals surface area contributed by atoms with Crippen LogP contribution >= 0.6 is 12.4 Å². The van der Waals surface area contributed by atoms with Crippen LogP contribution in [0.1, 0.15) is 33.6 Å². The van der Waals surface area contributed by atoms with Gasteiger partial charge in [-0.25, -0.2) is 10.0 Å². The van der Waals surface area contributed by atoms with E-state index in [4.69, 9.17) is 0 Å². The van der Waals surface area contributed by atoms with E-state index in [9.17, 15) is 0 Å². The Morgan fingerprint density at radius 3 is 1.79 bits per heavy atom. The standard InChI is InChI=1S/C10H23N3.ClH/c1-4-7-8-11-9-12(5-2)13(6-3)10-11;/h4-10H2,1-3H3;1H. The molecular formula is C10H24ClN3. The molecule has 1 fully saturated rings. The predicted octanol–water partition coefficient (Wildman–Crippen LogP) is 2.00. The highest BCUT2D eigenvalue weighted by atomic mass is 35.5. The van der Waals surface area contributed by atoms with Gasteiger partial charge in [-0.15, -0.1) is 12.4 Å². The van der Waals surface area contributed by atoms with Crippen LogP contribution in [0, 0.1) is 0 Å². The first-order chi connectivity index (χ1) is 6.31. The molecule has 0 bridgehead atoms. The molecule has 0 aromatic heterocycles. The van der Waals surface area contributed by atoms with Crippen molar-refractivity contribution in [2.75, 3.05) is 33.0 Å². The number of hydrazine groups is 1. The third kappa shape index (κ3) is 3.73. The van der Waals surface area contributed by atoms with Gasteiger partial charge in [0, 0.05) is 19.6 Å². The Morgan fingerprint density at radius 1 is 0.929 bits per heavy atom. The van der Waals surface area contributed by atoms with Gasteiger partial charge in [0.2, 0.25) is 0 Å². The van der Waals surface area contributed by atoms with Crippen molar-refractivity contribution in [2.24, 2.45) is 0 Å². The number of hydrogen-bond donors (Lipinski definition) is 0. The average Bonchev–Trinajstić information content (AvgIpc) is 2.57. The third-order valence-corrected chi connectivity index (χ3v) is 2.68. The van der Waals surface area contributed by atoms with Crippen LogP contribution in [0.25, 0.3) is 0 Å². The molecule has 0 spiro atoms. The van der Waals surface area contributed by atoms with Gasteiger partial charge in [0.15, 0.2) is 0 Å². The smallest absolute Gasteiger partial charge is 0.0659 e. The molecule has 4 heteroatoms. The Bertz CT molecular complexity index is 131. The Kier molecular flexibility index (Phi) is 7.55. The van der Waals surface area contributed by atoms with Crippen LogP contribution in [0.4, 0.5) is 0 Å². The fraction of sp³-hybridized carbons (Fsp3) is 1.00. The maximum absolute atomic E-state index is 2.52. The lowest BCUT2D eigenvalue weighted by molar-refractivity contribution is 0.0388. The highest BCUT2D eigenvalue weighted by molar-refractivity contribution is 5.85. The Balaban J connectivity index is 0.00000169. The summed E-state index contributed by atoms with van der Waals surface area (Å²) in [5.74, 6) is 0. The lowest BCUT2D eigenvalue weighted by atomic mass is 10.3. The summed E-state index contributed by atoms with van der Waals surface area (Å²) < 4.78 is 0. The van der Waals surface area contributed by atoms with E-state index in [0.29, 0.717) is 0 Å². The van der Waals surface area contributed by atoms with Gasteiger partial charge in [-0.2, -0.15) is 0 Å². The van der Waals surface area contributed by atoms with Crippen LogP contribution in [0.2, 0.25) is 0 Å². The van der Waals surface area contributed by atoms with Gasteiger partial charge in [0.1, 0.15) is 0 Å². The summed E-state index contributed by atoms with van der Waals surface area (Å²) in [5, 5.41) is 4.85. The van der Waals surface area contributed by atoms with E-state index in [-0.39, 0.29) is 12.4 Å². The molecule has 1 saturated heterocycles. The molecule has 0 unspecified atom stereocenters. The van der Waals surface area contributed by atoms with Crippen molar-refractivity contribution in [3.63, 3.8) is 0 Å². The zero-order valence-corrected chi connectivity index (χ0v) is 10.5. The van der Waals surface area contributed by atoms with Gasteiger partial charge in [0.25, 0.3) is 0 Å². The van der Waals surface area contributed by atoms with Crippen LogP contribution in [-0.2, 0) is 0 Å². The molecule has 1 aliphatic heterocycles. The topological polar surface area (TPSA) is 9.72 Å². The van der Waals surface area contributed by atoms with Crippen LogP contribution in [-0.4, -0.2) is 47.9 Å². The minimum atomic E-state index is 0. The zero-order chi connectivity index (χ0) is 9.68. The summed E-state index contributed by atoms with van der Waals surface area (Å²) in [6.45, 7) is 12.5. The average molecular weight is 222 g/mol. The van der Waals surface area contributed by atoms with Gasteiger partial charge in [-0.05, 0) is 6.42 Å². The van der Waals surface area contributed by atoms with E-state index in [2.05, 4.69) is 35.7 Å².